The third kappa shape index (κ3) is 18.1. The highest BCUT2D eigenvalue weighted by molar-refractivity contribution is 5.91. The molecular formula is C51H73N3O9. The number of benzene rings is 4. The van der Waals surface area contributed by atoms with Crippen molar-refractivity contribution in [1.82, 2.24) is 5.32 Å². The van der Waals surface area contributed by atoms with Gasteiger partial charge in [-0.3, -0.25) is 4.79 Å². The molecule has 2 atom stereocenters. The maximum Gasteiger partial charge on any atom is 0.407 e. The topological polar surface area (TPSA) is 197 Å². The van der Waals surface area contributed by atoms with Gasteiger partial charge in [0.1, 0.15) is 23.9 Å². The lowest BCUT2D eigenvalue weighted by atomic mass is 9.96. The lowest BCUT2D eigenvalue weighted by molar-refractivity contribution is -0.140. The molecule has 12 heteroatoms. The highest BCUT2D eigenvalue weighted by atomic mass is 16.6. The van der Waals surface area contributed by atoms with Gasteiger partial charge in [-0.1, -0.05) is 111 Å². The second-order valence-corrected chi connectivity index (χ2v) is 17.3. The second kappa shape index (κ2) is 25.2. The molecule has 63 heavy (non-hydrogen) atoms. The number of carbonyl (C=O) groups excluding carboxylic acids is 4. The van der Waals surface area contributed by atoms with E-state index in [1.165, 1.54) is 0 Å². The average Bonchev–Trinajstić information content (AvgIpc) is 3.48. The van der Waals surface area contributed by atoms with E-state index in [-0.39, 0.29) is 70.8 Å². The second-order valence-electron chi connectivity index (χ2n) is 17.3. The Morgan fingerprint density at radius 1 is 0.651 bits per heavy atom. The largest absolute Gasteiger partial charge is 0.480 e. The first kappa shape index (κ1) is 57.0. The summed E-state index contributed by atoms with van der Waals surface area (Å²) in [6.07, 6.45) is -0.420. The predicted octanol–water partition coefficient (Wildman–Crippen LogP) is 10.5. The van der Waals surface area contributed by atoms with Crippen molar-refractivity contribution in [2.45, 2.75) is 127 Å². The van der Waals surface area contributed by atoms with Crippen LogP contribution in [0.4, 0.5) is 10.5 Å². The molecule has 0 saturated heterocycles. The average molecular weight is 872 g/mol. The molecule has 0 saturated carbocycles. The molecule has 0 aliphatic heterocycles. The smallest absolute Gasteiger partial charge is 0.407 e. The van der Waals surface area contributed by atoms with E-state index < -0.39 is 35.3 Å². The number of hydrogen-bond donors (Lipinski definition) is 4. The summed E-state index contributed by atoms with van der Waals surface area (Å²) < 4.78 is 15.8. The summed E-state index contributed by atoms with van der Waals surface area (Å²) in [4.78, 5) is 58.6. The molecule has 6 N–H and O–H groups in total. The van der Waals surface area contributed by atoms with Crippen molar-refractivity contribution in [1.29, 1.82) is 0 Å². The number of ether oxygens (including phenoxy) is 3. The van der Waals surface area contributed by atoms with Crippen LogP contribution in [0, 0.1) is 11.8 Å². The predicted molar refractivity (Wildman–Crippen MR) is 254 cm³/mol. The van der Waals surface area contributed by atoms with Crippen LogP contribution in [-0.4, -0.2) is 64.8 Å². The van der Waals surface area contributed by atoms with Crippen LogP contribution >= 0.6 is 0 Å². The van der Waals surface area contributed by atoms with Gasteiger partial charge in [-0.25, -0.2) is 19.2 Å². The SMILES string of the molecule is C.C.C.CC(C)(C)OC(=O)c1ccc(N)cc1.CC(C)C(N)C(=O)Cc1ccc(C(=O)OC(C)(C)C)cc1.CC(C)C(NC(=O)OCC1c2ccccc2-c2ccccc21)C(=O)O. The maximum atomic E-state index is 12.0. The number of nitrogens with two attached hydrogens (primary N) is 2. The number of nitrogen functional groups attached to an aromatic ring is 1. The van der Waals surface area contributed by atoms with Crippen molar-refractivity contribution in [3.8, 4) is 11.1 Å². The summed E-state index contributed by atoms with van der Waals surface area (Å²) in [6.45, 7) is 18.5. The maximum absolute atomic E-state index is 12.0. The Labute approximate surface area is 376 Å². The van der Waals surface area contributed by atoms with Crippen LogP contribution in [0.1, 0.15) is 135 Å². The third-order valence-electron chi connectivity index (χ3n) is 9.15. The van der Waals surface area contributed by atoms with E-state index >= 15 is 0 Å². The van der Waals surface area contributed by atoms with Crippen LogP contribution in [0.5, 0.6) is 0 Å². The molecule has 346 valence electrons. The van der Waals surface area contributed by atoms with Gasteiger partial charge in [-0.15, -0.1) is 0 Å². The Kier molecular flexibility index (Phi) is 22.8. The number of carboxylic acid groups (broad SMARTS) is 1. The zero-order valence-electron chi connectivity index (χ0n) is 36.4. The van der Waals surface area contributed by atoms with Gasteiger partial charge in [-0.05, 0) is 118 Å². The number of ketones is 1. The molecule has 1 aliphatic rings. The van der Waals surface area contributed by atoms with E-state index in [0.29, 0.717) is 16.8 Å². The van der Waals surface area contributed by atoms with E-state index in [1.54, 1.807) is 62.4 Å². The molecule has 0 bridgehead atoms. The van der Waals surface area contributed by atoms with Gasteiger partial charge in [-0.2, -0.15) is 0 Å². The van der Waals surface area contributed by atoms with Crippen molar-refractivity contribution in [3.63, 3.8) is 0 Å². The van der Waals surface area contributed by atoms with E-state index in [1.807, 2.05) is 91.8 Å². The Morgan fingerprint density at radius 3 is 1.44 bits per heavy atom. The van der Waals surface area contributed by atoms with Crippen molar-refractivity contribution in [3.05, 3.63) is 125 Å². The first-order chi connectivity index (χ1) is 28.0. The number of amides is 1. The number of Topliss-reactive ketones (excluding diaryl/α,β-unsaturated/α-hetero) is 1. The number of fused-ring (bicyclic) bond motifs is 3. The van der Waals surface area contributed by atoms with Crippen LogP contribution < -0.4 is 16.8 Å². The van der Waals surface area contributed by atoms with Crippen molar-refractivity contribution in [2.75, 3.05) is 12.3 Å². The summed E-state index contributed by atoms with van der Waals surface area (Å²) >= 11 is 0. The van der Waals surface area contributed by atoms with Gasteiger partial charge in [0.05, 0.1) is 17.2 Å². The fourth-order valence-corrected chi connectivity index (χ4v) is 6.02. The zero-order chi connectivity index (χ0) is 44.9. The number of carboxylic acids is 1. The summed E-state index contributed by atoms with van der Waals surface area (Å²) in [5.74, 6) is -1.88. The normalized spacial score (nSPS) is 12.3. The summed E-state index contributed by atoms with van der Waals surface area (Å²) in [5.41, 5.74) is 17.4. The van der Waals surface area contributed by atoms with Crippen LogP contribution in [0.3, 0.4) is 0 Å². The van der Waals surface area contributed by atoms with E-state index in [0.717, 1.165) is 27.8 Å². The molecule has 4 aromatic carbocycles. The zero-order valence-corrected chi connectivity index (χ0v) is 36.4. The lowest BCUT2D eigenvalue weighted by Gasteiger charge is -2.19. The van der Waals surface area contributed by atoms with Gasteiger partial charge < -0.3 is 36.1 Å². The number of alkyl carbamates (subject to hydrolysis) is 1. The molecule has 5 rings (SSSR count). The monoisotopic (exact) mass is 872 g/mol. The van der Waals surface area contributed by atoms with Crippen molar-refractivity contribution < 1.29 is 43.3 Å². The summed E-state index contributed by atoms with van der Waals surface area (Å²) in [6, 6.07) is 28.3. The minimum atomic E-state index is -1.07. The molecule has 0 fully saturated rings. The molecule has 0 spiro atoms. The highest BCUT2D eigenvalue weighted by Gasteiger charge is 2.30. The Hall–Kier alpha value is -6.01. The number of anilines is 1. The molecule has 1 amide bonds. The van der Waals surface area contributed by atoms with Gasteiger partial charge >= 0.3 is 24.0 Å². The van der Waals surface area contributed by atoms with E-state index in [2.05, 4.69) is 17.4 Å². The summed E-state index contributed by atoms with van der Waals surface area (Å²) in [7, 11) is 0. The van der Waals surface area contributed by atoms with E-state index in [9.17, 15) is 24.0 Å². The fraction of sp³-hybridized carbons (Fsp3) is 0.431. The van der Waals surface area contributed by atoms with Crippen molar-refractivity contribution >= 4 is 35.5 Å². The standard InChI is InChI=1S/C20H21NO4.C17H25NO3.C11H15NO2.3CH4/c1-12(2)18(19(22)23)21-20(24)25-11-17-15-9-5-3-7-13(15)14-8-4-6-10-16(14)17;1-11(2)15(18)14(19)10-12-6-8-13(9-7-12)16(20)21-17(3,4)5;1-11(2,3)14-10(13)8-4-6-9(12)7-5-8;;;/h3-10,12,17-18H,11H2,1-2H3,(H,21,24)(H,22,23);6-9,11,15H,10,18H2,1-5H3;4-7H,12H2,1-3H3;3*1H4. The minimum Gasteiger partial charge on any atom is -0.480 e. The van der Waals surface area contributed by atoms with Gasteiger partial charge in [0, 0.05) is 18.0 Å². The number of nitrogens with one attached hydrogen (secondary N) is 1. The van der Waals surface area contributed by atoms with Gasteiger partial charge in [0.15, 0.2) is 5.78 Å². The molecule has 0 radical (unpaired) electrons. The number of hydrogen-bond acceptors (Lipinski definition) is 10. The summed E-state index contributed by atoms with van der Waals surface area (Å²) in [5, 5.41) is 11.6. The fourth-order valence-electron chi connectivity index (χ4n) is 6.02. The van der Waals surface area contributed by atoms with Crippen molar-refractivity contribution in [2.24, 2.45) is 17.6 Å². The lowest BCUT2D eigenvalue weighted by Crippen LogP contribution is -2.44. The Balaban J connectivity index is 0.000000928. The quantitative estimate of drug-likeness (QED) is 0.0635. The van der Waals surface area contributed by atoms with Crippen LogP contribution in [0.25, 0.3) is 11.1 Å². The first-order valence-electron chi connectivity index (χ1n) is 20.0. The Morgan fingerprint density at radius 2 is 1.06 bits per heavy atom. The highest BCUT2D eigenvalue weighted by Crippen LogP contribution is 2.44. The molecule has 0 aromatic heterocycles. The first-order valence-corrected chi connectivity index (χ1v) is 20.0. The van der Waals surface area contributed by atoms with Crippen LogP contribution in [0.2, 0.25) is 0 Å². The molecule has 4 aromatic rings. The number of aliphatic carboxylic acids is 1. The molecule has 0 heterocycles. The minimum absolute atomic E-state index is 0. The van der Waals surface area contributed by atoms with Gasteiger partial charge in [0.25, 0.3) is 0 Å². The molecular weight excluding hydrogens is 799 g/mol. The third-order valence-corrected chi connectivity index (χ3v) is 9.15. The Bertz CT molecular complexity index is 2040. The van der Waals surface area contributed by atoms with Gasteiger partial charge in [0.2, 0.25) is 0 Å². The van der Waals surface area contributed by atoms with Crippen LogP contribution in [0.15, 0.2) is 97.1 Å². The van der Waals surface area contributed by atoms with Crippen LogP contribution in [-0.2, 0) is 30.2 Å². The number of rotatable bonds is 11. The molecule has 1 aliphatic carbocycles. The van der Waals surface area contributed by atoms with E-state index in [4.69, 9.17) is 30.8 Å². The molecule has 2 unspecified atom stereocenters. The number of carbonyl (C=O) groups is 5. The molecule has 12 nitrogen and oxygen atoms in total. The number of esters is 2.